The van der Waals surface area contributed by atoms with E-state index in [4.69, 9.17) is 0 Å². The van der Waals surface area contributed by atoms with Crippen LogP contribution in [-0.4, -0.2) is 91.4 Å². The van der Waals surface area contributed by atoms with Crippen molar-refractivity contribution in [3.63, 3.8) is 0 Å². The summed E-state index contributed by atoms with van der Waals surface area (Å²) < 4.78 is 44.2. The van der Waals surface area contributed by atoms with Crippen LogP contribution in [0, 0.1) is 0 Å². The zero-order valence-corrected chi connectivity index (χ0v) is 28.1. The number of amides is 2. The molecule has 250 valence electrons. The number of carbonyl (C=O) groups is 2. The molecule has 3 aromatic rings. The molecule has 4 aliphatic rings. The van der Waals surface area contributed by atoms with Gasteiger partial charge in [0, 0.05) is 73.9 Å². The molecule has 47 heavy (non-hydrogen) atoms. The van der Waals surface area contributed by atoms with E-state index in [2.05, 4.69) is 26.3 Å². The fraction of sp³-hybridized carbons (Fsp3) is 0.500. The Balaban J connectivity index is 1.28. The van der Waals surface area contributed by atoms with Crippen molar-refractivity contribution in [2.45, 2.75) is 76.0 Å². The number of rotatable bonds is 6. The molecule has 2 saturated heterocycles. The average molecular weight is 662 g/mol. The summed E-state index contributed by atoms with van der Waals surface area (Å²) in [6, 6.07) is 14.0. The van der Waals surface area contributed by atoms with Gasteiger partial charge in [-0.2, -0.15) is 12.7 Å². The van der Waals surface area contributed by atoms with Gasteiger partial charge < -0.3 is 9.47 Å². The van der Waals surface area contributed by atoms with Gasteiger partial charge in [0.05, 0.1) is 12.2 Å². The predicted octanol–water partition coefficient (Wildman–Crippen LogP) is 5.32. The molecule has 4 heterocycles. The zero-order valence-electron chi connectivity index (χ0n) is 27.3. The number of hydrogen-bond donors (Lipinski definition) is 1. The van der Waals surface area contributed by atoms with Crippen molar-refractivity contribution in [2.75, 3.05) is 40.3 Å². The second-order valence-corrected chi connectivity index (χ2v) is 15.7. The molecular formula is C36H44FN5O4S. The van der Waals surface area contributed by atoms with E-state index in [0.29, 0.717) is 50.1 Å². The fourth-order valence-electron chi connectivity index (χ4n) is 8.13. The van der Waals surface area contributed by atoms with Crippen LogP contribution in [0.1, 0.15) is 78.8 Å². The first kappa shape index (κ1) is 32.0. The number of aromatic nitrogens is 1. The fourth-order valence-corrected chi connectivity index (χ4v) is 8.66. The molecule has 3 aliphatic heterocycles. The van der Waals surface area contributed by atoms with Crippen molar-refractivity contribution in [2.24, 2.45) is 0 Å². The number of benzene rings is 2. The Hall–Kier alpha value is -3.54. The maximum absolute atomic E-state index is 14.3. The molecule has 7 rings (SSSR count). The molecule has 0 radical (unpaired) electrons. The van der Waals surface area contributed by atoms with Crippen LogP contribution in [0.3, 0.4) is 0 Å². The first-order chi connectivity index (χ1) is 22.6. The third kappa shape index (κ3) is 6.13. The van der Waals surface area contributed by atoms with Crippen LogP contribution in [-0.2, 0) is 21.5 Å². The molecule has 3 fully saturated rings. The monoisotopic (exact) mass is 661 g/mol. The number of fused-ring (bicyclic) bond motifs is 5. The molecule has 0 spiro atoms. The Kier molecular flexibility index (Phi) is 8.73. The van der Waals surface area contributed by atoms with Gasteiger partial charge in [-0.05, 0) is 67.4 Å². The Morgan fingerprint density at radius 3 is 2.38 bits per heavy atom. The van der Waals surface area contributed by atoms with Crippen molar-refractivity contribution < 1.29 is 22.4 Å². The molecule has 1 aromatic heterocycles. The topological polar surface area (TPSA) is 95.0 Å². The summed E-state index contributed by atoms with van der Waals surface area (Å²) in [5.41, 5.74) is 6.11. The van der Waals surface area contributed by atoms with E-state index in [0.717, 1.165) is 77.1 Å². The number of halogens is 1. The van der Waals surface area contributed by atoms with Crippen LogP contribution < -0.4 is 4.72 Å². The second kappa shape index (κ2) is 12.8. The molecule has 11 heteroatoms. The van der Waals surface area contributed by atoms with Crippen molar-refractivity contribution in [3.05, 3.63) is 64.7 Å². The van der Waals surface area contributed by atoms with Gasteiger partial charge in [-0.1, -0.05) is 49.6 Å². The summed E-state index contributed by atoms with van der Waals surface area (Å²) in [5.74, 6) is -0.353. The van der Waals surface area contributed by atoms with E-state index >= 15 is 0 Å². The van der Waals surface area contributed by atoms with Gasteiger partial charge in [-0.25, -0.2) is 9.11 Å². The summed E-state index contributed by atoms with van der Waals surface area (Å²) in [5, 5.41) is 1.04. The lowest BCUT2D eigenvalue weighted by Crippen LogP contribution is -2.46. The molecule has 1 atom stereocenters. The lowest BCUT2D eigenvalue weighted by atomic mass is 9.81. The van der Waals surface area contributed by atoms with E-state index < -0.39 is 22.3 Å². The molecular weight excluding hydrogens is 617 g/mol. The number of alkyl halides is 1. The lowest BCUT2D eigenvalue weighted by Gasteiger charge is -2.37. The number of hydrogen-bond acceptors (Lipinski definition) is 5. The van der Waals surface area contributed by atoms with Crippen LogP contribution in [0.2, 0.25) is 0 Å². The van der Waals surface area contributed by atoms with Gasteiger partial charge in [0.15, 0.2) is 0 Å². The smallest absolute Gasteiger partial charge is 0.303 e. The molecule has 0 unspecified atom stereocenters. The van der Waals surface area contributed by atoms with E-state index in [1.807, 2.05) is 29.2 Å². The third-order valence-corrected chi connectivity index (χ3v) is 12.1. The van der Waals surface area contributed by atoms with E-state index in [-0.39, 0.29) is 11.5 Å². The van der Waals surface area contributed by atoms with Crippen LogP contribution in [0.15, 0.2) is 48.0 Å². The van der Waals surface area contributed by atoms with Crippen molar-refractivity contribution in [1.82, 2.24) is 23.4 Å². The number of piperidine rings is 1. The lowest BCUT2D eigenvalue weighted by molar-refractivity contribution is -0.128. The van der Waals surface area contributed by atoms with Crippen molar-refractivity contribution in [3.8, 4) is 11.3 Å². The first-order valence-electron chi connectivity index (χ1n) is 17.0. The second-order valence-electron chi connectivity index (χ2n) is 13.8. The third-order valence-electron chi connectivity index (χ3n) is 10.7. The quantitative estimate of drug-likeness (QED) is 0.386. The molecule has 2 amide bonds. The van der Waals surface area contributed by atoms with Gasteiger partial charge in [0.2, 0.25) is 0 Å². The normalized spacial score (nSPS) is 21.4. The maximum atomic E-state index is 14.3. The molecule has 1 saturated carbocycles. The molecule has 2 aromatic carbocycles. The Labute approximate surface area is 276 Å². The van der Waals surface area contributed by atoms with Gasteiger partial charge in [-0.3, -0.25) is 14.5 Å². The Bertz CT molecular complexity index is 1840. The van der Waals surface area contributed by atoms with Crippen LogP contribution in [0.5, 0.6) is 0 Å². The zero-order chi connectivity index (χ0) is 32.9. The molecule has 0 bridgehead atoms. The van der Waals surface area contributed by atoms with Crippen molar-refractivity contribution in [1.29, 1.82) is 0 Å². The average Bonchev–Trinajstić information content (AvgIpc) is 3.60. The molecule has 9 nitrogen and oxygen atoms in total. The summed E-state index contributed by atoms with van der Waals surface area (Å²) in [7, 11) is -1.23. The highest BCUT2D eigenvalue weighted by Gasteiger charge is 2.35. The SMILES string of the molecule is CN(C)S(=O)(=O)NC(=O)c1ccc2c(C3CCCCC3)c3n(c2c1)CC(C(=O)N1CCC(N2CC[C@H](F)C2)CC1)=Cc1ccccc1-3. The number of carbonyl (C=O) groups excluding carboxylic acids is 2. The molecule has 1 aliphatic carbocycles. The first-order valence-corrected chi connectivity index (χ1v) is 18.4. The predicted molar refractivity (Wildman–Crippen MR) is 182 cm³/mol. The minimum atomic E-state index is -3.97. The summed E-state index contributed by atoms with van der Waals surface area (Å²) >= 11 is 0. The number of nitrogens with one attached hydrogen (secondary N) is 1. The number of nitrogens with zero attached hydrogens (tertiary/aromatic N) is 4. The van der Waals surface area contributed by atoms with E-state index in [1.165, 1.54) is 26.1 Å². The standard InChI is InChI=1S/C36H44FN5O4S/c1-39(2)47(45,46)38-35(43)26-12-13-31-32(21-26)42-22-27(36(44)40-18-15-29(16-19-40)41-17-14-28(37)23-41)20-25-10-6-7-11-30(25)34(42)33(31)24-8-4-3-5-9-24/h6-7,10-13,20-21,24,28-29H,3-5,8-9,14-19,22-23H2,1-2H3,(H,38,43)/t28-/m0/s1. The van der Waals surface area contributed by atoms with Crippen LogP contribution >= 0.6 is 0 Å². The van der Waals surface area contributed by atoms with E-state index in [9.17, 15) is 22.4 Å². The minimum absolute atomic E-state index is 0.00272. The summed E-state index contributed by atoms with van der Waals surface area (Å²) in [4.78, 5) is 31.7. The van der Waals surface area contributed by atoms with Gasteiger partial charge in [0.25, 0.3) is 11.8 Å². The maximum Gasteiger partial charge on any atom is 0.303 e. The van der Waals surface area contributed by atoms with Crippen LogP contribution in [0.25, 0.3) is 28.2 Å². The Morgan fingerprint density at radius 2 is 1.68 bits per heavy atom. The summed E-state index contributed by atoms with van der Waals surface area (Å²) in [6.45, 7) is 2.88. The minimum Gasteiger partial charge on any atom is -0.339 e. The summed E-state index contributed by atoms with van der Waals surface area (Å²) in [6.07, 6.45) is 9.22. The highest BCUT2D eigenvalue weighted by molar-refractivity contribution is 7.87. The van der Waals surface area contributed by atoms with Crippen LogP contribution in [0.4, 0.5) is 4.39 Å². The van der Waals surface area contributed by atoms with E-state index in [1.54, 1.807) is 12.1 Å². The number of likely N-dealkylation sites (tertiary alicyclic amines) is 2. The molecule has 1 N–H and O–H groups in total. The van der Waals surface area contributed by atoms with Crippen molar-refractivity contribution >= 4 is 39.0 Å². The van der Waals surface area contributed by atoms with Gasteiger partial charge >= 0.3 is 10.2 Å². The Morgan fingerprint density at radius 1 is 0.936 bits per heavy atom. The van der Waals surface area contributed by atoms with Gasteiger partial charge in [0.1, 0.15) is 6.17 Å². The largest absolute Gasteiger partial charge is 0.339 e. The van der Waals surface area contributed by atoms with Gasteiger partial charge in [-0.15, -0.1) is 0 Å². The highest BCUT2D eigenvalue weighted by Crippen LogP contribution is 2.46. The highest BCUT2D eigenvalue weighted by atomic mass is 32.2.